The van der Waals surface area contributed by atoms with E-state index in [4.69, 9.17) is 9.73 Å². The monoisotopic (exact) mass is 451 g/mol. The van der Waals surface area contributed by atoms with Crippen molar-refractivity contribution in [3.63, 3.8) is 0 Å². The topological polar surface area (TPSA) is 21.6 Å². The number of aliphatic imine (C=N–C) groups is 1. The minimum atomic E-state index is -0.0477. The van der Waals surface area contributed by atoms with Crippen molar-refractivity contribution in [2.75, 3.05) is 6.61 Å². The molecule has 0 saturated carbocycles. The van der Waals surface area contributed by atoms with E-state index in [1.807, 2.05) is 0 Å². The quantitative estimate of drug-likeness (QED) is 0.393. The second kappa shape index (κ2) is 9.30. The molecule has 0 fully saturated rings. The average Bonchev–Trinajstić information content (AvgIpc) is 3.24. The lowest BCUT2D eigenvalue weighted by Crippen LogP contribution is -2.23. The zero-order valence-corrected chi connectivity index (χ0v) is 22.6. The minimum absolute atomic E-state index is 0.0477. The van der Waals surface area contributed by atoms with Crippen LogP contribution in [0.1, 0.15) is 96.5 Å². The molecule has 0 spiro atoms. The minimum Gasteiger partial charge on any atom is -0.478 e. The van der Waals surface area contributed by atoms with Gasteiger partial charge in [-0.25, -0.2) is 4.99 Å². The fourth-order valence-electron chi connectivity index (χ4n) is 4.20. The third kappa shape index (κ3) is 5.28. The van der Waals surface area contributed by atoms with Crippen LogP contribution in [0.5, 0.6) is 0 Å². The third-order valence-electron chi connectivity index (χ3n) is 7.11. The summed E-state index contributed by atoms with van der Waals surface area (Å²) < 4.78 is 6.01. The molecule has 2 aromatic rings. The largest absolute Gasteiger partial charge is 0.478 e. The molecule has 3 atom stereocenters. The van der Waals surface area contributed by atoms with Crippen LogP contribution in [0, 0.1) is 12.3 Å². The predicted octanol–water partition coefficient (Wildman–Crippen LogP) is 7.83. The second-order valence-corrected chi connectivity index (χ2v) is 13.1. The first-order chi connectivity index (χ1) is 14.9. The summed E-state index contributed by atoms with van der Waals surface area (Å²) in [5.41, 5.74) is 5.75. The van der Waals surface area contributed by atoms with Crippen LogP contribution in [0.2, 0.25) is 0 Å². The van der Waals surface area contributed by atoms with E-state index in [0.717, 1.165) is 18.7 Å². The van der Waals surface area contributed by atoms with E-state index < -0.39 is 0 Å². The fourth-order valence-corrected chi connectivity index (χ4v) is 5.84. The number of hydrogen-bond acceptors (Lipinski definition) is 2. The molecule has 1 heterocycles. The van der Waals surface area contributed by atoms with Crippen molar-refractivity contribution in [3.05, 3.63) is 64.7 Å². The van der Waals surface area contributed by atoms with Gasteiger partial charge in [-0.15, -0.1) is 0 Å². The Balaban J connectivity index is 1.99. The summed E-state index contributed by atoms with van der Waals surface area (Å²) >= 11 is 0. The summed E-state index contributed by atoms with van der Waals surface area (Å²) in [5.74, 6) is 0.879. The van der Waals surface area contributed by atoms with Crippen molar-refractivity contribution < 1.29 is 4.74 Å². The molecule has 1 aliphatic heterocycles. The summed E-state index contributed by atoms with van der Waals surface area (Å²) in [7, 11) is 0.682. The summed E-state index contributed by atoms with van der Waals surface area (Å²) in [6.07, 6.45) is 2.24. The lowest BCUT2D eigenvalue weighted by Gasteiger charge is -2.33. The van der Waals surface area contributed by atoms with Crippen LogP contribution in [0.4, 0.5) is 0 Å². The molecule has 0 aromatic heterocycles. The summed E-state index contributed by atoms with van der Waals surface area (Å²) in [4.78, 5) is 4.99. The van der Waals surface area contributed by atoms with Crippen molar-refractivity contribution in [2.45, 2.75) is 91.8 Å². The zero-order chi connectivity index (χ0) is 23.7. The van der Waals surface area contributed by atoms with E-state index in [1.165, 1.54) is 27.6 Å². The van der Waals surface area contributed by atoms with E-state index in [9.17, 15) is 0 Å². The number of aryl methyl sites for hydroxylation is 1. The Labute approximate surface area is 198 Å². The molecule has 0 bridgehead atoms. The Morgan fingerprint density at radius 3 is 2.19 bits per heavy atom. The predicted molar refractivity (Wildman–Crippen MR) is 142 cm³/mol. The molecule has 3 heteroatoms. The standard InChI is InChI=1S/C29H42NOP/c1-10-28(7,8)21-16-20(3)17-22(18-21)29(9,11-2)32-25-15-13-12-14-23(25)24-19-31-26(30-24)27(4,5)6/h12-18,24,32H,10-11,19H2,1-9H3/t24-,29?/m1/s1. The molecule has 2 nitrogen and oxygen atoms in total. The fraction of sp³-hybridized carbons (Fsp3) is 0.552. The molecule has 0 saturated heterocycles. The van der Waals surface area contributed by atoms with Gasteiger partial charge in [0.2, 0.25) is 0 Å². The van der Waals surface area contributed by atoms with E-state index in [-0.39, 0.29) is 22.0 Å². The first kappa shape index (κ1) is 25.0. The van der Waals surface area contributed by atoms with E-state index >= 15 is 0 Å². The molecule has 3 rings (SSSR count). The molecular weight excluding hydrogens is 409 g/mol. The van der Waals surface area contributed by atoms with Crippen LogP contribution < -0.4 is 5.30 Å². The first-order valence-electron chi connectivity index (χ1n) is 12.1. The van der Waals surface area contributed by atoms with Crippen LogP contribution in [0.25, 0.3) is 0 Å². The van der Waals surface area contributed by atoms with Gasteiger partial charge >= 0.3 is 0 Å². The van der Waals surface area contributed by atoms with Gasteiger partial charge in [0.1, 0.15) is 12.6 Å². The number of ether oxygens (including phenoxy) is 1. The van der Waals surface area contributed by atoms with Crippen LogP contribution in [-0.4, -0.2) is 12.5 Å². The van der Waals surface area contributed by atoms with Gasteiger partial charge in [0, 0.05) is 10.6 Å². The number of nitrogens with zero attached hydrogens (tertiary/aromatic N) is 1. The second-order valence-electron chi connectivity index (χ2n) is 11.2. The maximum Gasteiger partial charge on any atom is 0.189 e. The van der Waals surface area contributed by atoms with Gasteiger partial charge in [0.25, 0.3) is 0 Å². The molecule has 174 valence electrons. The Kier molecular flexibility index (Phi) is 7.26. The Bertz CT molecular complexity index is 985. The highest BCUT2D eigenvalue weighted by Crippen LogP contribution is 2.46. The van der Waals surface area contributed by atoms with Crippen molar-refractivity contribution in [1.29, 1.82) is 0 Å². The average molecular weight is 452 g/mol. The molecule has 2 aromatic carbocycles. The maximum absolute atomic E-state index is 6.01. The van der Waals surface area contributed by atoms with E-state index in [2.05, 4.69) is 105 Å². The zero-order valence-electron chi connectivity index (χ0n) is 21.6. The van der Waals surface area contributed by atoms with Gasteiger partial charge in [-0.1, -0.05) is 112 Å². The molecule has 32 heavy (non-hydrogen) atoms. The maximum atomic E-state index is 6.01. The SMILES string of the molecule is CCC(C)(C)c1cc(C)cc(C(C)(CC)Pc2ccccc2[C@H]2COC(C(C)(C)C)=N2)c1. The Morgan fingerprint density at radius 2 is 1.59 bits per heavy atom. The van der Waals surface area contributed by atoms with Gasteiger partial charge in [-0.2, -0.15) is 0 Å². The van der Waals surface area contributed by atoms with Crippen LogP contribution in [-0.2, 0) is 15.3 Å². The molecule has 0 radical (unpaired) electrons. The number of benzene rings is 2. The van der Waals surface area contributed by atoms with Crippen molar-refractivity contribution >= 4 is 19.8 Å². The lowest BCUT2D eigenvalue weighted by molar-refractivity contribution is 0.283. The smallest absolute Gasteiger partial charge is 0.189 e. The Morgan fingerprint density at radius 1 is 0.938 bits per heavy atom. The summed E-state index contributed by atoms with van der Waals surface area (Å²) in [6.45, 7) is 21.2. The van der Waals surface area contributed by atoms with E-state index in [0.29, 0.717) is 15.2 Å². The number of rotatable bonds is 7. The van der Waals surface area contributed by atoms with Crippen LogP contribution in [0.15, 0.2) is 47.5 Å². The van der Waals surface area contributed by atoms with Crippen LogP contribution >= 0.6 is 8.58 Å². The molecule has 2 unspecified atom stereocenters. The molecule has 0 amide bonds. The summed E-state index contributed by atoms with van der Waals surface area (Å²) in [5, 5.41) is 1.51. The molecular formula is C29H42NOP. The van der Waals surface area contributed by atoms with Crippen molar-refractivity contribution in [2.24, 2.45) is 10.4 Å². The molecule has 0 N–H and O–H groups in total. The first-order valence-corrected chi connectivity index (χ1v) is 13.1. The highest BCUT2D eigenvalue weighted by Gasteiger charge is 2.33. The lowest BCUT2D eigenvalue weighted by atomic mass is 9.79. The van der Waals surface area contributed by atoms with Crippen LogP contribution in [0.3, 0.4) is 0 Å². The van der Waals surface area contributed by atoms with Gasteiger partial charge in [-0.3, -0.25) is 0 Å². The molecule has 0 aliphatic carbocycles. The van der Waals surface area contributed by atoms with Gasteiger partial charge in [-0.05, 0) is 47.2 Å². The Hall–Kier alpha value is -1.66. The van der Waals surface area contributed by atoms with E-state index in [1.54, 1.807) is 0 Å². The third-order valence-corrected chi connectivity index (χ3v) is 9.03. The highest BCUT2D eigenvalue weighted by molar-refractivity contribution is 7.48. The summed E-state index contributed by atoms with van der Waals surface area (Å²) in [6, 6.07) is 16.2. The van der Waals surface area contributed by atoms with Gasteiger partial charge in [0.05, 0.1) is 0 Å². The van der Waals surface area contributed by atoms with Gasteiger partial charge < -0.3 is 4.74 Å². The van der Waals surface area contributed by atoms with Crippen molar-refractivity contribution in [1.82, 2.24) is 0 Å². The van der Waals surface area contributed by atoms with Gasteiger partial charge in [0.15, 0.2) is 5.90 Å². The normalized spacial score (nSPS) is 19.2. The molecule has 1 aliphatic rings. The highest BCUT2D eigenvalue weighted by atomic mass is 31.1. The van der Waals surface area contributed by atoms with Crippen molar-refractivity contribution in [3.8, 4) is 0 Å². The number of hydrogen-bond donors (Lipinski definition) is 0.